The van der Waals surface area contributed by atoms with Crippen molar-refractivity contribution < 1.29 is 5.11 Å². The Morgan fingerprint density at radius 1 is 0.941 bits per heavy atom. The topological polar surface area (TPSA) is 20.2 Å². The zero-order valence-electron chi connectivity index (χ0n) is 11.3. The molecule has 1 rings (SSSR count). The lowest BCUT2D eigenvalue weighted by Crippen LogP contribution is -2.00. The van der Waals surface area contributed by atoms with Crippen LogP contribution in [0.15, 0.2) is 24.3 Å². The van der Waals surface area contributed by atoms with E-state index in [0.29, 0.717) is 5.75 Å². The molecular weight excluding hydrogens is 208 g/mol. The molecule has 1 N–H and O–H groups in total. The van der Waals surface area contributed by atoms with Gasteiger partial charge in [-0.2, -0.15) is 0 Å². The fourth-order valence-electron chi connectivity index (χ4n) is 2.51. The fraction of sp³-hybridized carbons (Fsp3) is 0.625. The van der Waals surface area contributed by atoms with E-state index in [-0.39, 0.29) is 0 Å². The van der Waals surface area contributed by atoms with Crippen LogP contribution >= 0.6 is 0 Å². The molecule has 0 aliphatic rings. The van der Waals surface area contributed by atoms with Crippen LogP contribution in [-0.4, -0.2) is 5.11 Å². The Kier molecular flexibility index (Phi) is 6.76. The number of aromatic hydroxyl groups is 1. The van der Waals surface area contributed by atoms with Gasteiger partial charge < -0.3 is 5.11 Å². The largest absolute Gasteiger partial charge is 0.508 e. The summed E-state index contributed by atoms with van der Waals surface area (Å²) in [5.74, 6) is 1.28. The lowest BCUT2D eigenvalue weighted by atomic mass is 9.92. The van der Waals surface area contributed by atoms with E-state index in [1.165, 1.54) is 44.1 Å². The Hall–Kier alpha value is -0.980. The molecule has 17 heavy (non-hydrogen) atoms. The van der Waals surface area contributed by atoms with Gasteiger partial charge in [-0.05, 0) is 36.5 Å². The average molecular weight is 234 g/mol. The molecule has 1 aromatic rings. The van der Waals surface area contributed by atoms with E-state index >= 15 is 0 Å². The fourth-order valence-corrected chi connectivity index (χ4v) is 2.51. The third-order valence-corrected chi connectivity index (χ3v) is 3.41. The molecule has 0 bridgehead atoms. The Morgan fingerprint density at radius 3 is 2.06 bits per heavy atom. The molecule has 1 nitrogen and oxygen atoms in total. The van der Waals surface area contributed by atoms with Crippen LogP contribution in [0, 0.1) is 5.92 Å². The molecule has 0 aromatic heterocycles. The molecule has 0 heterocycles. The third kappa shape index (κ3) is 5.76. The predicted molar refractivity (Wildman–Crippen MR) is 74.4 cm³/mol. The molecule has 0 saturated carbocycles. The molecule has 96 valence electrons. The minimum Gasteiger partial charge on any atom is -0.508 e. The standard InChI is InChI=1S/C16H26O/c1-3-6-14(7-4-2)8-5-9-15-10-12-16(17)13-11-15/h10-14,17H,3-9H2,1-2H3. The summed E-state index contributed by atoms with van der Waals surface area (Å²) >= 11 is 0. The van der Waals surface area contributed by atoms with E-state index in [1.807, 2.05) is 12.1 Å². The van der Waals surface area contributed by atoms with Crippen molar-refractivity contribution in [3.8, 4) is 5.75 Å². The van der Waals surface area contributed by atoms with E-state index in [4.69, 9.17) is 0 Å². The molecule has 0 fully saturated rings. The van der Waals surface area contributed by atoms with Crippen molar-refractivity contribution in [2.45, 2.75) is 58.8 Å². The molecular formula is C16H26O. The Labute approximate surface area is 106 Å². The summed E-state index contributed by atoms with van der Waals surface area (Å²) in [7, 11) is 0. The van der Waals surface area contributed by atoms with E-state index in [0.717, 1.165) is 12.3 Å². The van der Waals surface area contributed by atoms with Crippen molar-refractivity contribution in [3.05, 3.63) is 29.8 Å². The molecule has 0 spiro atoms. The van der Waals surface area contributed by atoms with E-state index < -0.39 is 0 Å². The van der Waals surface area contributed by atoms with Crippen LogP contribution in [0.25, 0.3) is 0 Å². The molecule has 0 amide bonds. The molecule has 0 saturated heterocycles. The maximum absolute atomic E-state index is 9.21. The van der Waals surface area contributed by atoms with Gasteiger partial charge >= 0.3 is 0 Å². The molecule has 1 aromatic carbocycles. The van der Waals surface area contributed by atoms with Gasteiger partial charge in [-0.25, -0.2) is 0 Å². The first-order valence-corrected chi connectivity index (χ1v) is 7.04. The second-order valence-corrected chi connectivity index (χ2v) is 5.00. The number of hydrogen-bond donors (Lipinski definition) is 1. The molecule has 0 aliphatic heterocycles. The molecule has 0 aliphatic carbocycles. The Balaban J connectivity index is 2.27. The van der Waals surface area contributed by atoms with Gasteiger partial charge in [-0.1, -0.05) is 58.1 Å². The maximum Gasteiger partial charge on any atom is 0.115 e. The molecule has 0 atom stereocenters. The maximum atomic E-state index is 9.21. The summed E-state index contributed by atoms with van der Waals surface area (Å²) in [6, 6.07) is 7.63. The van der Waals surface area contributed by atoms with Crippen LogP contribution in [0.1, 0.15) is 57.9 Å². The number of rotatable bonds is 8. The van der Waals surface area contributed by atoms with Crippen LogP contribution in [0.5, 0.6) is 5.75 Å². The van der Waals surface area contributed by atoms with Crippen molar-refractivity contribution in [3.63, 3.8) is 0 Å². The van der Waals surface area contributed by atoms with Gasteiger partial charge in [-0.3, -0.25) is 0 Å². The van der Waals surface area contributed by atoms with Gasteiger partial charge in [0.1, 0.15) is 5.75 Å². The number of hydrogen-bond acceptors (Lipinski definition) is 1. The van der Waals surface area contributed by atoms with Crippen LogP contribution in [0.2, 0.25) is 0 Å². The van der Waals surface area contributed by atoms with E-state index in [9.17, 15) is 5.11 Å². The first-order chi connectivity index (χ1) is 8.26. The van der Waals surface area contributed by atoms with Crippen molar-refractivity contribution in [1.29, 1.82) is 0 Å². The number of benzene rings is 1. The van der Waals surface area contributed by atoms with Crippen LogP contribution in [0.4, 0.5) is 0 Å². The molecule has 0 unspecified atom stereocenters. The number of phenolic OH excluding ortho intramolecular Hbond substituents is 1. The Morgan fingerprint density at radius 2 is 1.53 bits per heavy atom. The highest BCUT2D eigenvalue weighted by Gasteiger charge is 2.06. The lowest BCUT2D eigenvalue weighted by molar-refractivity contribution is 0.400. The molecule has 0 radical (unpaired) electrons. The van der Waals surface area contributed by atoms with Crippen LogP contribution < -0.4 is 0 Å². The van der Waals surface area contributed by atoms with Crippen LogP contribution in [-0.2, 0) is 6.42 Å². The summed E-state index contributed by atoms with van der Waals surface area (Å²) in [4.78, 5) is 0. The second-order valence-electron chi connectivity index (χ2n) is 5.00. The minimum absolute atomic E-state index is 0.364. The smallest absolute Gasteiger partial charge is 0.115 e. The van der Waals surface area contributed by atoms with Gasteiger partial charge in [0.25, 0.3) is 0 Å². The van der Waals surface area contributed by atoms with Gasteiger partial charge in [0.2, 0.25) is 0 Å². The summed E-state index contributed by atoms with van der Waals surface area (Å²) < 4.78 is 0. The lowest BCUT2D eigenvalue weighted by Gasteiger charge is -2.14. The first kappa shape index (κ1) is 14.1. The minimum atomic E-state index is 0.364. The van der Waals surface area contributed by atoms with Crippen molar-refractivity contribution in [2.75, 3.05) is 0 Å². The van der Waals surface area contributed by atoms with Gasteiger partial charge in [0.15, 0.2) is 0 Å². The number of phenols is 1. The van der Waals surface area contributed by atoms with Crippen molar-refractivity contribution in [2.24, 2.45) is 5.92 Å². The normalized spacial score (nSPS) is 11.0. The first-order valence-electron chi connectivity index (χ1n) is 7.04. The highest BCUT2D eigenvalue weighted by Crippen LogP contribution is 2.21. The SMILES string of the molecule is CCCC(CCC)CCCc1ccc(O)cc1. The zero-order valence-corrected chi connectivity index (χ0v) is 11.3. The summed E-state index contributed by atoms with van der Waals surface area (Å²) in [6.07, 6.45) is 9.14. The van der Waals surface area contributed by atoms with Crippen LogP contribution in [0.3, 0.4) is 0 Å². The van der Waals surface area contributed by atoms with Crippen molar-refractivity contribution >= 4 is 0 Å². The molecule has 1 heteroatoms. The van der Waals surface area contributed by atoms with Gasteiger partial charge in [0.05, 0.1) is 0 Å². The Bertz CT molecular complexity index is 283. The number of aryl methyl sites for hydroxylation is 1. The summed E-state index contributed by atoms with van der Waals surface area (Å²) in [6.45, 7) is 4.56. The van der Waals surface area contributed by atoms with E-state index in [1.54, 1.807) is 12.1 Å². The summed E-state index contributed by atoms with van der Waals surface area (Å²) in [5, 5.41) is 9.21. The zero-order chi connectivity index (χ0) is 12.5. The quantitative estimate of drug-likeness (QED) is 0.676. The summed E-state index contributed by atoms with van der Waals surface area (Å²) in [5.41, 5.74) is 1.34. The average Bonchev–Trinajstić information content (AvgIpc) is 2.32. The highest BCUT2D eigenvalue weighted by molar-refractivity contribution is 5.25. The highest BCUT2D eigenvalue weighted by atomic mass is 16.3. The van der Waals surface area contributed by atoms with E-state index in [2.05, 4.69) is 13.8 Å². The van der Waals surface area contributed by atoms with Crippen molar-refractivity contribution in [1.82, 2.24) is 0 Å². The second kappa shape index (κ2) is 8.16. The van der Waals surface area contributed by atoms with Gasteiger partial charge in [-0.15, -0.1) is 0 Å². The monoisotopic (exact) mass is 234 g/mol. The third-order valence-electron chi connectivity index (χ3n) is 3.41. The van der Waals surface area contributed by atoms with Gasteiger partial charge in [0, 0.05) is 0 Å². The predicted octanol–water partition coefficient (Wildman–Crippen LogP) is 4.93.